The van der Waals surface area contributed by atoms with E-state index in [9.17, 15) is 29.4 Å². The summed E-state index contributed by atoms with van der Waals surface area (Å²) in [6.45, 7) is 3.43. The number of nitrogens with two attached hydrogens (primary N) is 1. The van der Waals surface area contributed by atoms with Crippen molar-refractivity contribution in [1.29, 1.82) is 0 Å². The minimum Gasteiger partial charge on any atom is -0.508 e. The Balaban J connectivity index is 1.75. The lowest BCUT2D eigenvalue weighted by atomic mass is 9.99. The molecule has 1 heterocycles. The van der Waals surface area contributed by atoms with E-state index in [-0.39, 0.29) is 25.0 Å². The number of nitrogens with zero attached hydrogens (tertiary/aromatic N) is 1. The van der Waals surface area contributed by atoms with Gasteiger partial charge in [0.05, 0.1) is 12.4 Å². The number of aliphatic carboxylic acids is 1. The topological polar surface area (TPSA) is 200 Å². The molecule has 12 nitrogen and oxygen atoms in total. The maximum Gasteiger partial charge on any atom is 0.326 e. The summed E-state index contributed by atoms with van der Waals surface area (Å²) in [5.41, 5.74) is 8.09. The van der Waals surface area contributed by atoms with Crippen LogP contribution in [0.2, 0.25) is 0 Å². The van der Waals surface area contributed by atoms with Gasteiger partial charge in [-0.15, -0.1) is 0 Å². The zero-order chi connectivity index (χ0) is 29.9. The van der Waals surface area contributed by atoms with Crippen LogP contribution in [0.15, 0.2) is 67.1 Å². The molecular weight excluding hydrogens is 528 g/mol. The average molecular weight is 565 g/mol. The summed E-state index contributed by atoms with van der Waals surface area (Å²) in [7, 11) is 0. The lowest BCUT2D eigenvalue weighted by Crippen LogP contribution is -2.59. The third kappa shape index (κ3) is 9.46. The quantitative estimate of drug-likeness (QED) is 0.148. The summed E-state index contributed by atoms with van der Waals surface area (Å²) in [6, 6.07) is 10.6. The van der Waals surface area contributed by atoms with Crippen LogP contribution >= 0.6 is 0 Å². The Labute approximate surface area is 237 Å². The monoisotopic (exact) mass is 564 g/mol. The number of hydrogen-bond acceptors (Lipinski definition) is 7. The van der Waals surface area contributed by atoms with Gasteiger partial charge < -0.3 is 36.9 Å². The largest absolute Gasteiger partial charge is 0.508 e. The van der Waals surface area contributed by atoms with E-state index < -0.39 is 53.8 Å². The zero-order valence-electron chi connectivity index (χ0n) is 22.9. The number of aromatic hydroxyl groups is 1. The third-order valence-electron chi connectivity index (χ3n) is 6.48. The maximum absolute atomic E-state index is 13.5. The van der Waals surface area contributed by atoms with Crippen molar-refractivity contribution in [2.45, 2.75) is 57.3 Å². The second-order valence-corrected chi connectivity index (χ2v) is 10.1. The molecule has 3 amide bonds. The summed E-state index contributed by atoms with van der Waals surface area (Å²) in [5, 5.41) is 27.2. The van der Waals surface area contributed by atoms with Gasteiger partial charge in [-0.05, 0) is 29.2 Å². The van der Waals surface area contributed by atoms with Gasteiger partial charge in [-0.3, -0.25) is 14.4 Å². The first-order valence-electron chi connectivity index (χ1n) is 13.2. The molecule has 0 fully saturated rings. The normalized spacial score (nSPS) is 14.0. The van der Waals surface area contributed by atoms with Crippen LogP contribution in [0, 0.1) is 5.92 Å². The number of carbonyl (C=O) groups is 4. The van der Waals surface area contributed by atoms with Gasteiger partial charge in [-0.1, -0.05) is 56.3 Å². The van der Waals surface area contributed by atoms with Crippen LogP contribution in [0.5, 0.6) is 5.75 Å². The lowest BCUT2D eigenvalue weighted by Gasteiger charge is -2.27. The Morgan fingerprint density at radius 2 is 1.44 bits per heavy atom. The van der Waals surface area contributed by atoms with Gasteiger partial charge in [0.15, 0.2) is 0 Å². The van der Waals surface area contributed by atoms with E-state index in [1.54, 1.807) is 62.5 Å². The summed E-state index contributed by atoms with van der Waals surface area (Å²) in [5.74, 6) is -3.47. The number of carboxylic acids is 1. The molecule has 0 aliphatic rings. The fourth-order valence-corrected chi connectivity index (χ4v) is 4.18. The molecule has 0 bridgehead atoms. The molecule has 0 radical (unpaired) electrons. The molecule has 0 aliphatic heterocycles. The predicted molar refractivity (Wildman–Crippen MR) is 150 cm³/mol. The van der Waals surface area contributed by atoms with Gasteiger partial charge in [-0.25, -0.2) is 9.78 Å². The van der Waals surface area contributed by atoms with Crippen molar-refractivity contribution in [2.24, 2.45) is 11.7 Å². The highest BCUT2D eigenvalue weighted by Crippen LogP contribution is 2.13. The summed E-state index contributed by atoms with van der Waals surface area (Å²) in [6.07, 6.45) is 3.28. The lowest BCUT2D eigenvalue weighted by molar-refractivity contribution is -0.142. The molecule has 0 saturated carbocycles. The standard InChI is InChI=1S/C29H36N6O6/c1-17(2)25(28(39)34-24(29(40)41)13-18-6-4-3-5-7-18)35-27(38)23(12-19-8-10-21(36)11-9-19)33-26(37)22(30)14-20-15-31-16-32-20/h3-11,15-17,22-25,36H,12-14,30H2,1-2H3,(H,31,32)(H,33,37)(H,34,39)(H,35,38)(H,40,41). The number of aromatic nitrogens is 2. The van der Waals surface area contributed by atoms with Gasteiger partial charge in [0.2, 0.25) is 17.7 Å². The highest BCUT2D eigenvalue weighted by atomic mass is 16.4. The molecule has 4 unspecified atom stereocenters. The van der Waals surface area contributed by atoms with Crippen molar-refractivity contribution in [3.05, 3.63) is 83.9 Å². The Bertz CT molecular complexity index is 1300. The molecule has 12 heteroatoms. The predicted octanol–water partition coefficient (Wildman–Crippen LogP) is 0.666. The van der Waals surface area contributed by atoms with Crippen molar-refractivity contribution in [2.75, 3.05) is 0 Å². The summed E-state index contributed by atoms with van der Waals surface area (Å²) in [4.78, 5) is 58.3. The minimum atomic E-state index is -1.21. The number of phenols is 1. The van der Waals surface area contributed by atoms with Gasteiger partial charge in [0.25, 0.3) is 0 Å². The number of aromatic amines is 1. The van der Waals surface area contributed by atoms with Crippen molar-refractivity contribution in [3.63, 3.8) is 0 Å². The number of amides is 3. The molecule has 3 aromatic rings. The molecule has 3 rings (SSSR count). The number of carbonyl (C=O) groups excluding carboxylic acids is 3. The molecule has 218 valence electrons. The van der Waals surface area contributed by atoms with E-state index >= 15 is 0 Å². The molecule has 2 aromatic carbocycles. The molecule has 0 aliphatic carbocycles. The second-order valence-electron chi connectivity index (χ2n) is 10.1. The Morgan fingerprint density at radius 3 is 2.02 bits per heavy atom. The van der Waals surface area contributed by atoms with Gasteiger partial charge in [0, 0.05) is 31.2 Å². The number of rotatable bonds is 14. The minimum absolute atomic E-state index is 0.0420. The van der Waals surface area contributed by atoms with Gasteiger partial charge >= 0.3 is 5.97 Å². The van der Waals surface area contributed by atoms with Gasteiger partial charge in [-0.2, -0.15) is 0 Å². The Hall–Kier alpha value is -4.71. The fraction of sp³-hybridized carbons (Fsp3) is 0.345. The number of phenolic OH excluding ortho intramolecular Hbond substituents is 1. The number of carboxylic acid groups (broad SMARTS) is 1. The van der Waals surface area contributed by atoms with Crippen LogP contribution in [0.4, 0.5) is 0 Å². The van der Waals surface area contributed by atoms with E-state index in [1.807, 2.05) is 0 Å². The summed E-state index contributed by atoms with van der Waals surface area (Å²) < 4.78 is 0. The van der Waals surface area contributed by atoms with Crippen LogP contribution < -0.4 is 21.7 Å². The van der Waals surface area contributed by atoms with Crippen LogP contribution in [0.1, 0.15) is 30.7 Å². The van der Waals surface area contributed by atoms with Crippen LogP contribution in [0.3, 0.4) is 0 Å². The van der Waals surface area contributed by atoms with E-state index in [2.05, 4.69) is 25.9 Å². The third-order valence-corrected chi connectivity index (χ3v) is 6.48. The molecule has 41 heavy (non-hydrogen) atoms. The van der Waals surface area contributed by atoms with Crippen molar-refractivity contribution < 1.29 is 29.4 Å². The summed E-state index contributed by atoms with van der Waals surface area (Å²) >= 11 is 0. The first-order chi connectivity index (χ1) is 19.5. The Morgan fingerprint density at radius 1 is 0.829 bits per heavy atom. The van der Waals surface area contributed by atoms with Crippen molar-refractivity contribution in [3.8, 4) is 5.75 Å². The smallest absolute Gasteiger partial charge is 0.326 e. The van der Waals surface area contributed by atoms with Crippen LogP contribution in [-0.2, 0) is 38.4 Å². The number of hydrogen-bond donors (Lipinski definition) is 7. The molecular formula is C29H36N6O6. The van der Waals surface area contributed by atoms with Crippen LogP contribution in [-0.4, -0.2) is 68.0 Å². The highest BCUT2D eigenvalue weighted by Gasteiger charge is 2.32. The first-order valence-corrected chi connectivity index (χ1v) is 13.2. The van der Waals surface area contributed by atoms with E-state index in [1.165, 1.54) is 18.5 Å². The molecule has 4 atom stereocenters. The number of imidazole rings is 1. The fourth-order valence-electron chi connectivity index (χ4n) is 4.18. The van der Waals surface area contributed by atoms with Crippen molar-refractivity contribution in [1.82, 2.24) is 25.9 Å². The molecule has 0 spiro atoms. The SMILES string of the molecule is CC(C)C(NC(=O)C(Cc1ccc(O)cc1)NC(=O)C(N)Cc1cnc[nH]1)C(=O)NC(Cc1ccccc1)C(=O)O. The molecule has 1 aromatic heterocycles. The van der Waals surface area contributed by atoms with Crippen LogP contribution in [0.25, 0.3) is 0 Å². The Kier molecular flexibility index (Phi) is 11.0. The number of H-pyrrole nitrogens is 1. The zero-order valence-corrected chi connectivity index (χ0v) is 22.9. The van der Waals surface area contributed by atoms with Crippen molar-refractivity contribution >= 4 is 23.7 Å². The van der Waals surface area contributed by atoms with E-state index in [4.69, 9.17) is 5.73 Å². The molecule has 8 N–H and O–H groups in total. The number of benzene rings is 2. The van der Waals surface area contributed by atoms with E-state index in [0.29, 0.717) is 11.3 Å². The van der Waals surface area contributed by atoms with E-state index in [0.717, 1.165) is 5.56 Å². The highest BCUT2D eigenvalue weighted by molar-refractivity contribution is 5.94. The maximum atomic E-state index is 13.5. The molecule has 0 saturated heterocycles. The van der Waals surface area contributed by atoms with Gasteiger partial charge in [0.1, 0.15) is 23.9 Å². The first kappa shape index (κ1) is 30.8. The second kappa shape index (κ2) is 14.6. The average Bonchev–Trinajstić information content (AvgIpc) is 3.45. The number of nitrogens with one attached hydrogen (secondary N) is 4.